The minimum Gasteiger partial charge on any atom is -0.378 e. The molecule has 0 bridgehead atoms. The summed E-state index contributed by atoms with van der Waals surface area (Å²) in [6, 6.07) is 3.95. The van der Waals surface area contributed by atoms with Crippen molar-refractivity contribution in [1.82, 2.24) is 5.32 Å². The van der Waals surface area contributed by atoms with E-state index in [1.165, 1.54) is 12.1 Å². The van der Waals surface area contributed by atoms with E-state index in [1.807, 2.05) is 6.92 Å². The van der Waals surface area contributed by atoms with Crippen molar-refractivity contribution < 1.29 is 13.9 Å². The molecule has 0 spiro atoms. The summed E-state index contributed by atoms with van der Waals surface area (Å²) in [6.45, 7) is 3.43. The van der Waals surface area contributed by atoms with E-state index in [9.17, 15) is 9.18 Å². The summed E-state index contributed by atoms with van der Waals surface area (Å²) in [6.07, 6.45) is 0. The number of ether oxygens (including phenoxy) is 1. The van der Waals surface area contributed by atoms with Crippen LogP contribution in [0.25, 0.3) is 0 Å². The Morgan fingerprint density at radius 3 is 3.00 bits per heavy atom. The molecule has 2 N–H and O–H groups in total. The highest BCUT2D eigenvalue weighted by atomic mass is 35.5. The van der Waals surface area contributed by atoms with Crippen LogP contribution in [0.15, 0.2) is 18.2 Å². The molecule has 1 amide bonds. The summed E-state index contributed by atoms with van der Waals surface area (Å²) in [5.41, 5.74) is 1.33. The summed E-state index contributed by atoms with van der Waals surface area (Å²) < 4.78 is 18.2. The highest BCUT2D eigenvalue weighted by molar-refractivity contribution is 5.95. The van der Waals surface area contributed by atoms with E-state index in [1.54, 1.807) is 6.07 Å². The highest BCUT2D eigenvalue weighted by Crippen LogP contribution is 2.16. The van der Waals surface area contributed by atoms with Crippen LogP contribution in [0.1, 0.15) is 5.56 Å². The van der Waals surface area contributed by atoms with Crippen molar-refractivity contribution in [2.45, 2.75) is 13.0 Å². The molecule has 0 radical (unpaired) electrons. The van der Waals surface area contributed by atoms with Crippen molar-refractivity contribution in [2.75, 3.05) is 25.1 Å². The van der Waals surface area contributed by atoms with Gasteiger partial charge in [0.05, 0.1) is 13.2 Å². The molecule has 6 heteroatoms. The van der Waals surface area contributed by atoms with Crippen molar-refractivity contribution >= 4 is 24.0 Å². The number of benzene rings is 1. The Morgan fingerprint density at radius 1 is 1.56 bits per heavy atom. The number of aryl methyl sites for hydroxylation is 1. The van der Waals surface area contributed by atoms with Crippen LogP contribution in [0.3, 0.4) is 0 Å². The SMILES string of the molecule is Cc1ccc(F)cc1NC(=O)C1COCCN1.Cl. The third kappa shape index (κ3) is 3.66. The van der Waals surface area contributed by atoms with Gasteiger partial charge in [0.25, 0.3) is 0 Å². The van der Waals surface area contributed by atoms with E-state index in [-0.39, 0.29) is 30.2 Å². The van der Waals surface area contributed by atoms with Gasteiger partial charge in [-0.3, -0.25) is 4.79 Å². The quantitative estimate of drug-likeness (QED) is 0.859. The number of hydrogen-bond donors (Lipinski definition) is 2. The second kappa shape index (κ2) is 6.68. The average Bonchev–Trinajstić information content (AvgIpc) is 2.35. The lowest BCUT2D eigenvalue weighted by atomic mass is 10.2. The van der Waals surface area contributed by atoms with E-state index >= 15 is 0 Å². The normalized spacial score (nSPS) is 18.9. The molecular weight excluding hydrogens is 259 g/mol. The predicted molar refractivity (Wildman–Crippen MR) is 69.6 cm³/mol. The third-order valence-corrected chi connectivity index (χ3v) is 2.70. The maximum atomic E-state index is 13.0. The summed E-state index contributed by atoms with van der Waals surface area (Å²) >= 11 is 0. The standard InChI is InChI=1S/C12H15FN2O2.ClH/c1-8-2-3-9(13)6-10(8)15-12(16)11-7-17-5-4-14-11;/h2-3,6,11,14H,4-5,7H2,1H3,(H,15,16);1H. The van der Waals surface area contributed by atoms with E-state index in [0.29, 0.717) is 25.4 Å². The topological polar surface area (TPSA) is 50.4 Å². The molecule has 1 heterocycles. The lowest BCUT2D eigenvalue weighted by molar-refractivity contribution is -0.120. The molecule has 2 rings (SSSR count). The molecule has 0 aromatic heterocycles. The Morgan fingerprint density at radius 2 is 2.33 bits per heavy atom. The number of amides is 1. The number of carbonyl (C=O) groups excluding carboxylic acids is 1. The molecule has 1 aromatic rings. The van der Waals surface area contributed by atoms with Gasteiger partial charge in [-0.25, -0.2) is 4.39 Å². The Hall–Kier alpha value is -1.17. The van der Waals surface area contributed by atoms with Gasteiger partial charge in [0.15, 0.2) is 0 Å². The van der Waals surface area contributed by atoms with Gasteiger partial charge in [-0.15, -0.1) is 12.4 Å². The molecule has 1 aliphatic heterocycles. The van der Waals surface area contributed by atoms with Gasteiger partial charge < -0.3 is 15.4 Å². The maximum Gasteiger partial charge on any atom is 0.243 e. The third-order valence-electron chi connectivity index (χ3n) is 2.70. The Balaban J connectivity index is 0.00000162. The zero-order chi connectivity index (χ0) is 12.3. The van der Waals surface area contributed by atoms with Gasteiger partial charge in [0.1, 0.15) is 11.9 Å². The number of nitrogens with one attached hydrogen (secondary N) is 2. The van der Waals surface area contributed by atoms with Crippen LogP contribution < -0.4 is 10.6 Å². The maximum absolute atomic E-state index is 13.0. The van der Waals surface area contributed by atoms with E-state index in [0.717, 1.165) is 5.56 Å². The van der Waals surface area contributed by atoms with Gasteiger partial charge in [-0.1, -0.05) is 6.07 Å². The number of anilines is 1. The molecular formula is C12H16ClFN2O2. The molecule has 1 fully saturated rings. The number of carbonyl (C=O) groups is 1. The van der Waals surface area contributed by atoms with Crippen LogP contribution >= 0.6 is 12.4 Å². The minimum absolute atomic E-state index is 0. The molecule has 0 aliphatic carbocycles. The monoisotopic (exact) mass is 274 g/mol. The molecule has 1 aliphatic rings. The number of rotatable bonds is 2. The van der Waals surface area contributed by atoms with Crippen molar-refractivity contribution in [1.29, 1.82) is 0 Å². The lowest BCUT2D eigenvalue weighted by Gasteiger charge is -2.23. The predicted octanol–water partition coefficient (Wildman–Crippen LogP) is 1.48. The lowest BCUT2D eigenvalue weighted by Crippen LogP contribution is -2.48. The van der Waals surface area contributed by atoms with E-state index < -0.39 is 0 Å². The fourth-order valence-electron chi connectivity index (χ4n) is 1.68. The van der Waals surface area contributed by atoms with Crippen LogP contribution in [0.2, 0.25) is 0 Å². The first-order chi connectivity index (χ1) is 8.16. The molecule has 1 aromatic carbocycles. The van der Waals surface area contributed by atoms with Crippen molar-refractivity contribution in [3.8, 4) is 0 Å². The average molecular weight is 275 g/mol. The smallest absolute Gasteiger partial charge is 0.243 e. The molecule has 1 unspecified atom stereocenters. The molecule has 18 heavy (non-hydrogen) atoms. The Kier molecular flexibility index (Phi) is 5.53. The number of morpholine rings is 1. The first-order valence-electron chi connectivity index (χ1n) is 5.55. The van der Waals surface area contributed by atoms with Gasteiger partial charge in [0.2, 0.25) is 5.91 Å². The van der Waals surface area contributed by atoms with Gasteiger partial charge >= 0.3 is 0 Å². The second-order valence-corrected chi connectivity index (χ2v) is 4.03. The van der Waals surface area contributed by atoms with Crippen molar-refractivity contribution in [3.63, 3.8) is 0 Å². The zero-order valence-corrected chi connectivity index (χ0v) is 10.8. The first kappa shape index (κ1) is 14.9. The van der Waals surface area contributed by atoms with Crippen LogP contribution in [-0.2, 0) is 9.53 Å². The molecule has 0 saturated carbocycles. The number of hydrogen-bond acceptors (Lipinski definition) is 3. The van der Waals surface area contributed by atoms with Crippen LogP contribution in [0.4, 0.5) is 10.1 Å². The van der Waals surface area contributed by atoms with Crippen LogP contribution in [0.5, 0.6) is 0 Å². The fraction of sp³-hybridized carbons (Fsp3) is 0.417. The Labute approximate surface area is 111 Å². The summed E-state index contributed by atoms with van der Waals surface area (Å²) in [7, 11) is 0. The fourth-order valence-corrected chi connectivity index (χ4v) is 1.68. The molecule has 1 atom stereocenters. The van der Waals surface area contributed by atoms with Gasteiger partial charge in [-0.2, -0.15) is 0 Å². The largest absolute Gasteiger partial charge is 0.378 e. The van der Waals surface area contributed by atoms with E-state index in [4.69, 9.17) is 4.74 Å². The van der Waals surface area contributed by atoms with Gasteiger partial charge in [-0.05, 0) is 24.6 Å². The summed E-state index contributed by atoms with van der Waals surface area (Å²) in [5.74, 6) is -0.558. The van der Waals surface area contributed by atoms with E-state index in [2.05, 4.69) is 10.6 Å². The first-order valence-corrected chi connectivity index (χ1v) is 5.55. The summed E-state index contributed by atoms with van der Waals surface area (Å²) in [5, 5.41) is 5.74. The zero-order valence-electron chi connectivity index (χ0n) is 10.0. The molecule has 4 nitrogen and oxygen atoms in total. The molecule has 1 saturated heterocycles. The van der Waals surface area contributed by atoms with Crippen LogP contribution in [0, 0.1) is 12.7 Å². The minimum atomic E-state index is -0.369. The number of halogens is 2. The van der Waals surface area contributed by atoms with Crippen molar-refractivity contribution in [3.05, 3.63) is 29.6 Å². The summed E-state index contributed by atoms with van der Waals surface area (Å²) in [4.78, 5) is 11.9. The van der Waals surface area contributed by atoms with Crippen LogP contribution in [-0.4, -0.2) is 31.7 Å². The second-order valence-electron chi connectivity index (χ2n) is 4.03. The molecule has 100 valence electrons. The Bertz CT molecular complexity index is 423. The van der Waals surface area contributed by atoms with Crippen molar-refractivity contribution in [2.24, 2.45) is 0 Å². The highest BCUT2D eigenvalue weighted by Gasteiger charge is 2.21. The van der Waals surface area contributed by atoms with Gasteiger partial charge in [0, 0.05) is 12.2 Å².